The average molecular weight is 238 g/mol. The number of hydrogen-bond acceptors (Lipinski definition) is 4. The number of benzene rings is 1. The van der Waals surface area contributed by atoms with Crippen LogP contribution < -0.4 is 15.8 Å². The summed E-state index contributed by atoms with van der Waals surface area (Å²) in [6.45, 7) is 3.68. The van der Waals surface area contributed by atoms with Crippen molar-refractivity contribution < 1.29 is 14.6 Å². The van der Waals surface area contributed by atoms with Crippen LogP contribution in [0.2, 0.25) is 0 Å². The molecule has 0 aliphatic carbocycles. The third-order valence-electron chi connectivity index (χ3n) is 2.03. The van der Waals surface area contributed by atoms with Crippen LogP contribution in [0.3, 0.4) is 0 Å². The standard InChI is InChI=1S/C12H18N2O3/c1-8(2)17-11-6-4-3-5-9(11)14-12(16)10(15)7-13/h3-6,8,10,15H,7,13H2,1-2H3,(H,14,16). The largest absolute Gasteiger partial charge is 0.489 e. The summed E-state index contributed by atoms with van der Waals surface area (Å²) < 4.78 is 5.53. The van der Waals surface area contributed by atoms with Crippen LogP contribution in [-0.4, -0.2) is 29.8 Å². The average Bonchev–Trinajstić information content (AvgIpc) is 2.29. The highest BCUT2D eigenvalue weighted by Crippen LogP contribution is 2.24. The summed E-state index contributed by atoms with van der Waals surface area (Å²) >= 11 is 0. The number of nitrogens with two attached hydrogens (primary N) is 1. The van der Waals surface area contributed by atoms with Gasteiger partial charge in [-0.15, -0.1) is 0 Å². The first-order chi connectivity index (χ1) is 8.04. The summed E-state index contributed by atoms with van der Waals surface area (Å²) in [5, 5.41) is 11.9. The maximum absolute atomic E-state index is 11.5. The highest BCUT2D eigenvalue weighted by molar-refractivity contribution is 5.95. The number of anilines is 1. The molecule has 0 aromatic heterocycles. The zero-order valence-corrected chi connectivity index (χ0v) is 10.0. The third kappa shape index (κ3) is 4.05. The third-order valence-corrected chi connectivity index (χ3v) is 2.03. The molecule has 0 aliphatic heterocycles. The molecule has 0 aliphatic rings. The maximum Gasteiger partial charge on any atom is 0.254 e. The predicted molar refractivity (Wildman–Crippen MR) is 65.9 cm³/mol. The van der Waals surface area contributed by atoms with E-state index in [9.17, 15) is 9.90 Å². The lowest BCUT2D eigenvalue weighted by Crippen LogP contribution is -2.34. The van der Waals surface area contributed by atoms with Gasteiger partial charge in [0.15, 0.2) is 0 Å². The first-order valence-corrected chi connectivity index (χ1v) is 5.49. The number of carbonyl (C=O) groups is 1. The smallest absolute Gasteiger partial charge is 0.254 e. The van der Waals surface area contributed by atoms with Gasteiger partial charge in [-0.3, -0.25) is 4.79 Å². The van der Waals surface area contributed by atoms with Crippen molar-refractivity contribution in [2.24, 2.45) is 5.73 Å². The summed E-state index contributed by atoms with van der Waals surface area (Å²) in [5.41, 5.74) is 5.73. The van der Waals surface area contributed by atoms with E-state index in [1.165, 1.54) is 0 Å². The van der Waals surface area contributed by atoms with E-state index in [2.05, 4.69) is 5.32 Å². The molecule has 0 bridgehead atoms. The molecule has 0 saturated heterocycles. The Labute approximate surface area is 101 Å². The van der Waals surface area contributed by atoms with Crippen LogP contribution in [0.25, 0.3) is 0 Å². The van der Waals surface area contributed by atoms with Crippen LogP contribution in [0.4, 0.5) is 5.69 Å². The van der Waals surface area contributed by atoms with E-state index in [1.807, 2.05) is 19.9 Å². The highest BCUT2D eigenvalue weighted by atomic mass is 16.5. The second kappa shape index (κ2) is 6.22. The van der Waals surface area contributed by atoms with E-state index in [0.29, 0.717) is 11.4 Å². The molecule has 1 aromatic carbocycles. The number of carbonyl (C=O) groups excluding carboxylic acids is 1. The minimum absolute atomic E-state index is 0.00693. The van der Waals surface area contributed by atoms with Gasteiger partial charge in [0.25, 0.3) is 5.91 Å². The Balaban J connectivity index is 2.79. The first-order valence-electron chi connectivity index (χ1n) is 5.49. The molecule has 0 fully saturated rings. The molecule has 1 unspecified atom stereocenters. The van der Waals surface area contributed by atoms with Gasteiger partial charge in [0.05, 0.1) is 11.8 Å². The van der Waals surface area contributed by atoms with Crippen molar-refractivity contribution in [1.29, 1.82) is 0 Å². The molecule has 17 heavy (non-hydrogen) atoms. The molecular formula is C12H18N2O3. The first kappa shape index (κ1) is 13.5. The maximum atomic E-state index is 11.5. The molecule has 4 N–H and O–H groups in total. The summed E-state index contributed by atoms with van der Waals surface area (Å²) in [6.07, 6.45) is -1.20. The molecule has 1 atom stereocenters. The van der Waals surface area contributed by atoms with Crippen molar-refractivity contribution in [3.8, 4) is 5.75 Å². The molecule has 1 rings (SSSR count). The van der Waals surface area contributed by atoms with Gasteiger partial charge < -0.3 is 20.9 Å². The lowest BCUT2D eigenvalue weighted by molar-refractivity contribution is -0.123. The molecule has 0 radical (unpaired) electrons. The van der Waals surface area contributed by atoms with Crippen molar-refractivity contribution in [2.75, 3.05) is 11.9 Å². The minimum atomic E-state index is -1.21. The van der Waals surface area contributed by atoms with E-state index in [0.717, 1.165) is 0 Å². The van der Waals surface area contributed by atoms with Crippen molar-refractivity contribution in [2.45, 2.75) is 26.1 Å². The van der Waals surface area contributed by atoms with E-state index < -0.39 is 12.0 Å². The SMILES string of the molecule is CC(C)Oc1ccccc1NC(=O)C(O)CN. The fourth-order valence-electron chi connectivity index (χ4n) is 1.25. The molecule has 0 heterocycles. The number of amides is 1. The predicted octanol–water partition coefficient (Wildman–Crippen LogP) is 0.732. The highest BCUT2D eigenvalue weighted by Gasteiger charge is 2.15. The fourth-order valence-corrected chi connectivity index (χ4v) is 1.25. The van der Waals surface area contributed by atoms with Gasteiger partial charge in [-0.25, -0.2) is 0 Å². The molecule has 0 spiro atoms. The van der Waals surface area contributed by atoms with Crippen molar-refractivity contribution in [3.63, 3.8) is 0 Å². The topological polar surface area (TPSA) is 84.6 Å². The number of para-hydroxylation sites is 2. The molecule has 1 aromatic rings. The zero-order chi connectivity index (χ0) is 12.8. The Hall–Kier alpha value is -1.59. The minimum Gasteiger partial charge on any atom is -0.489 e. The molecule has 0 saturated carbocycles. The Morgan fingerprint density at radius 1 is 1.47 bits per heavy atom. The Kier molecular flexibility index (Phi) is 4.93. The van der Waals surface area contributed by atoms with E-state index >= 15 is 0 Å². The molecule has 5 heteroatoms. The van der Waals surface area contributed by atoms with Crippen LogP contribution in [0.5, 0.6) is 5.75 Å². The van der Waals surface area contributed by atoms with Gasteiger partial charge in [0, 0.05) is 6.54 Å². The lowest BCUT2D eigenvalue weighted by Gasteiger charge is -2.15. The number of rotatable bonds is 5. The number of aliphatic hydroxyl groups excluding tert-OH is 1. The van der Waals surface area contributed by atoms with Gasteiger partial charge >= 0.3 is 0 Å². The van der Waals surface area contributed by atoms with Crippen LogP contribution in [0, 0.1) is 0 Å². The van der Waals surface area contributed by atoms with E-state index in [1.54, 1.807) is 18.2 Å². The summed E-state index contributed by atoms with van der Waals surface area (Å²) in [5.74, 6) is 0.0346. The summed E-state index contributed by atoms with van der Waals surface area (Å²) in [7, 11) is 0. The van der Waals surface area contributed by atoms with Crippen LogP contribution in [0.1, 0.15) is 13.8 Å². The zero-order valence-electron chi connectivity index (χ0n) is 10.0. The molecular weight excluding hydrogens is 220 g/mol. The number of nitrogens with one attached hydrogen (secondary N) is 1. The second-order valence-electron chi connectivity index (χ2n) is 3.90. The van der Waals surface area contributed by atoms with Crippen molar-refractivity contribution in [1.82, 2.24) is 0 Å². The van der Waals surface area contributed by atoms with Crippen molar-refractivity contribution in [3.05, 3.63) is 24.3 Å². The fraction of sp³-hybridized carbons (Fsp3) is 0.417. The normalized spacial score (nSPS) is 12.3. The van der Waals surface area contributed by atoms with Gasteiger partial charge in [-0.05, 0) is 26.0 Å². The van der Waals surface area contributed by atoms with Gasteiger partial charge in [-0.2, -0.15) is 0 Å². The van der Waals surface area contributed by atoms with Crippen LogP contribution >= 0.6 is 0 Å². The monoisotopic (exact) mass is 238 g/mol. The van der Waals surface area contributed by atoms with Crippen LogP contribution in [0.15, 0.2) is 24.3 Å². The number of aliphatic hydroxyl groups is 1. The molecule has 94 valence electrons. The van der Waals surface area contributed by atoms with E-state index in [-0.39, 0.29) is 12.6 Å². The quantitative estimate of drug-likeness (QED) is 0.706. The number of ether oxygens (including phenoxy) is 1. The van der Waals surface area contributed by atoms with Gasteiger partial charge in [-0.1, -0.05) is 12.1 Å². The van der Waals surface area contributed by atoms with Crippen molar-refractivity contribution >= 4 is 11.6 Å². The second-order valence-corrected chi connectivity index (χ2v) is 3.90. The Morgan fingerprint density at radius 2 is 2.12 bits per heavy atom. The Bertz CT molecular complexity index is 380. The molecule has 1 amide bonds. The molecule has 5 nitrogen and oxygen atoms in total. The van der Waals surface area contributed by atoms with Crippen LogP contribution in [-0.2, 0) is 4.79 Å². The van der Waals surface area contributed by atoms with Gasteiger partial charge in [0.2, 0.25) is 0 Å². The summed E-state index contributed by atoms with van der Waals surface area (Å²) in [4.78, 5) is 11.5. The lowest BCUT2D eigenvalue weighted by atomic mass is 10.2. The Morgan fingerprint density at radius 3 is 2.71 bits per heavy atom. The number of hydrogen-bond donors (Lipinski definition) is 3. The van der Waals surface area contributed by atoms with Gasteiger partial charge in [0.1, 0.15) is 11.9 Å². The van der Waals surface area contributed by atoms with E-state index in [4.69, 9.17) is 10.5 Å². The summed E-state index contributed by atoms with van der Waals surface area (Å²) in [6, 6.07) is 7.05.